The summed E-state index contributed by atoms with van der Waals surface area (Å²) in [6.07, 6.45) is 0. The third kappa shape index (κ3) is 4.98. The van der Waals surface area contributed by atoms with Crippen molar-refractivity contribution in [2.24, 2.45) is 0 Å². The zero-order valence-corrected chi connectivity index (χ0v) is 24.5. The van der Waals surface area contributed by atoms with Crippen molar-refractivity contribution in [2.75, 3.05) is 4.90 Å². The van der Waals surface area contributed by atoms with Crippen LogP contribution in [0.2, 0.25) is 0 Å². The smallest absolute Gasteiger partial charge is 0.166 e. The first kappa shape index (κ1) is 26.5. The molecule has 0 saturated heterocycles. The van der Waals surface area contributed by atoms with Gasteiger partial charge in [-0.1, -0.05) is 133 Å². The highest BCUT2D eigenvalue weighted by Gasteiger charge is 2.20. The number of fused-ring (bicyclic) bond motifs is 3. The van der Waals surface area contributed by atoms with Crippen molar-refractivity contribution in [1.29, 1.82) is 0 Å². The summed E-state index contributed by atoms with van der Waals surface area (Å²) in [6.45, 7) is 0. The Kier molecular flexibility index (Phi) is 6.78. The molecule has 0 aliphatic carbocycles. The fourth-order valence-electron chi connectivity index (χ4n) is 6.01. The van der Waals surface area contributed by atoms with E-state index in [4.69, 9.17) is 15.0 Å². The molecule has 0 aliphatic heterocycles. The molecule has 212 valence electrons. The molecular weight excluding hydrogens is 548 g/mol. The lowest BCUT2D eigenvalue weighted by Crippen LogP contribution is -2.12. The zero-order chi connectivity index (χ0) is 30.0. The van der Waals surface area contributed by atoms with E-state index in [9.17, 15) is 0 Å². The second-order valence-corrected chi connectivity index (χ2v) is 10.9. The van der Waals surface area contributed by atoms with Crippen LogP contribution in [-0.2, 0) is 0 Å². The number of hydrogen-bond donors (Lipinski definition) is 0. The predicted molar refractivity (Wildman–Crippen MR) is 186 cm³/mol. The number of para-hydroxylation sites is 3. The van der Waals surface area contributed by atoms with Crippen LogP contribution < -0.4 is 4.90 Å². The van der Waals surface area contributed by atoms with E-state index in [1.807, 2.05) is 48.5 Å². The second-order valence-electron chi connectivity index (χ2n) is 10.9. The number of rotatable bonds is 6. The Labute approximate surface area is 261 Å². The summed E-state index contributed by atoms with van der Waals surface area (Å²) < 4.78 is 0. The van der Waals surface area contributed by atoms with Crippen molar-refractivity contribution in [3.8, 4) is 34.2 Å². The van der Waals surface area contributed by atoms with Crippen LogP contribution in [0.4, 0.5) is 17.1 Å². The van der Waals surface area contributed by atoms with E-state index in [1.165, 1.54) is 16.2 Å². The van der Waals surface area contributed by atoms with E-state index in [2.05, 4.69) is 126 Å². The van der Waals surface area contributed by atoms with Gasteiger partial charge in [-0.3, -0.25) is 0 Å². The van der Waals surface area contributed by atoms with E-state index in [0.29, 0.717) is 17.5 Å². The molecule has 0 fully saturated rings. The van der Waals surface area contributed by atoms with Gasteiger partial charge < -0.3 is 4.90 Å². The number of hydrogen-bond acceptors (Lipinski definition) is 4. The Morgan fingerprint density at radius 1 is 0.333 bits per heavy atom. The van der Waals surface area contributed by atoms with Gasteiger partial charge in [0.25, 0.3) is 0 Å². The Bertz CT molecular complexity index is 2230. The van der Waals surface area contributed by atoms with Gasteiger partial charge in [-0.05, 0) is 57.9 Å². The largest absolute Gasteiger partial charge is 0.310 e. The van der Waals surface area contributed by atoms with Crippen LogP contribution in [-0.4, -0.2) is 15.0 Å². The van der Waals surface area contributed by atoms with Gasteiger partial charge >= 0.3 is 0 Å². The maximum absolute atomic E-state index is 5.21. The lowest BCUT2D eigenvalue weighted by atomic mass is 9.98. The standard InChI is InChI=1S/C41H28N4/c1-4-16-30(17-5-1)39-42-40(36-25-14-24-34-33-22-11-10-15-29(33)27-28-35(34)36)44-41(43-39)37-23-12-13-26-38(37)45(31-18-6-2-7-19-31)32-20-8-3-9-21-32/h1-28H. The molecule has 7 aromatic carbocycles. The fraction of sp³-hybridized carbons (Fsp3) is 0. The van der Waals surface area contributed by atoms with Crippen molar-refractivity contribution in [2.45, 2.75) is 0 Å². The van der Waals surface area contributed by atoms with Crippen LogP contribution in [0.1, 0.15) is 0 Å². The highest BCUT2D eigenvalue weighted by molar-refractivity contribution is 6.11. The molecule has 8 aromatic rings. The maximum Gasteiger partial charge on any atom is 0.166 e. The fourth-order valence-corrected chi connectivity index (χ4v) is 6.01. The van der Waals surface area contributed by atoms with E-state index >= 15 is 0 Å². The minimum absolute atomic E-state index is 0.615. The third-order valence-corrected chi connectivity index (χ3v) is 8.11. The van der Waals surface area contributed by atoms with Crippen LogP contribution in [0.3, 0.4) is 0 Å². The van der Waals surface area contributed by atoms with Crippen molar-refractivity contribution < 1.29 is 0 Å². The summed E-state index contributed by atoms with van der Waals surface area (Å²) >= 11 is 0. The van der Waals surface area contributed by atoms with Crippen molar-refractivity contribution in [3.63, 3.8) is 0 Å². The molecule has 4 nitrogen and oxygen atoms in total. The summed E-state index contributed by atoms with van der Waals surface area (Å²) in [5, 5.41) is 4.70. The van der Waals surface area contributed by atoms with Gasteiger partial charge in [-0.2, -0.15) is 0 Å². The normalized spacial score (nSPS) is 11.1. The van der Waals surface area contributed by atoms with Crippen LogP contribution in [0.15, 0.2) is 170 Å². The predicted octanol–water partition coefficient (Wildman–Crippen LogP) is 10.6. The average Bonchev–Trinajstić information content (AvgIpc) is 3.13. The van der Waals surface area contributed by atoms with E-state index < -0.39 is 0 Å². The molecule has 0 atom stereocenters. The molecule has 0 bridgehead atoms. The first-order valence-electron chi connectivity index (χ1n) is 15.1. The van der Waals surface area contributed by atoms with Gasteiger partial charge in [0, 0.05) is 28.1 Å². The van der Waals surface area contributed by atoms with Gasteiger partial charge in [-0.25, -0.2) is 15.0 Å². The minimum atomic E-state index is 0.615. The van der Waals surface area contributed by atoms with Crippen molar-refractivity contribution >= 4 is 38.6 Å². The molecular formula is C41H28N4. The highest BCUT2D eigenvalue weighted by Crippen LogP contribution is 2.40. The molecule has 45 heavy (non-hydrogen) atoms. The molecule has 0 unspecified atom stereocenters. The Hall–Kier alpha value is -6.13. The lowest BCUT2D eigenvalue weighted by Gasteiger charge is -2.27. The van der Waals surface area contributed by atoms with E-state index in [1.54, 1.807) is 0 Å². The van der Waals surface area contributed by atoms with Crippen LogP contribution >= 0.6 is 0 Å². The van der Waals surface area contributed by atoms with Gasteiger partial charge in [0.2, 0.25) is 0 Å². The first-order valence-corrected chi connectivity index (χ1v) is 15.1. The third-order valence-electron chi connectivity index (χ3n) is 8.11. The number of aromatic nitrogens is 3. The molecule has 0 N–H and O–H groups in total. The molecule has 4 heteroatoms. The van der Waals surface area contributed by atoms with Crippen molar-refractivity contribution in [1.82, 2.24) is 15.0 Å². The molecule has 0 amide bonds. The summed E-state index contributed by atoms with van der Waals surface area (Å²) in [5.74, 6) is 1.89. The molecule has 1 aromatic heterocycles. The Balaban J connectivity index is 1.38. The van der Waals surface area contributed by atoms with E-state index in [-0.39, 0.29) is 0 Å². The molecule has 1 heterocycles. The topological polar surface area (TPSA) is 41.9 Å². The summed E-state index contributed by atoms with van der Waals surface area (Å²) in [4.78, 5) is 17.7. The highest BCUT2D eigenvalue weighted by atomic mass is 15.1. The lowest BCUT2D eigenvalue weighted by molar-refractivity contribution is 1.07. The average molecular weight is 577 g/mol. The Morgan fingerprint density at radius 3 is 1.60 bits per heavy atom. The van der Waals surface area contributed by atoms with Gasteiger partial charge in [-0.15, -0.1) is 0 Å². The maximum atomic E-state index is 5.21. The van der Waals surface area contributed by atoms with Crippen LogP contribution in [0.5, 0.6) is 0 Å². The van der Waals surface area contributed by atoms with Gasteiger partial charge in [0.15, 0.2) is 17.5 Å². The first-order chi connectivity index (χ1) is 22.3. The number of benzene rings is 7. The minimum Gasteiger partial charge on any atom is -0.310 e. The monoisotopic (exact) mass is 576 g/mol. The molecule has 0 saturated carbocycles. The van der Waals surface area contributed by atoms with Crippen molar-refractivity contribution in [3.05, 3.63) is 170 Å². The summed E-state index contributed by atoms with van der Waals surface area (Å²) in [7, 11) is 0. The number of anilines is 3. The Morgan fingerprint density at radius 2 is 0.867 bits per heavy atom. The summed E-state index contributed by atoms with van der Waals surface area (Å²) in [5.41, 5.74) is 5.91. The molecule has 0 radical (unpaired) electrons. The summed E-state index contributed by atoms with van der Waals surface area (Å²) in [6, 6.07) is 58.5. The molecule has 0 spiro atoms. The van der Waals surface area contributed by atoms with Gasteiger partial charge in [0.1, 0.15) is 0 Å². The molecule has 8 rings (SSSR count). The van der Waals surface area contributed by atoms with Crippen LogP contribution in [0.25, 0.3) is 55.7 Å². The second kappa shape index (κ2) is 11.5. The molecule has 0 aliphatic rings. The van der Waals surface area contributed by atoms with Crippen LogP contribution in [0, 0.1) is 0 Å². The number of nitrogens with zero attached hydrogens (tertiary/aromatic N) is 4. The quantitative estimate of drug-likeness (QED) is 0.185. The zero-order valence-electron chi connectivity index (χ0n) is 24.5. The van der Waals surface area contributed by atoms with Gasteiger partial charge in [0.05, 0.1) is 5.69 Å². The SMILES string of the molecule is c1ccc(-c2nc(-c3ccccc3N(c3ccccc3)c3ccccc3)nc(-c3cccc4c3ccc3ccccc34)n2)cc1. The van der Waals surface area contributed by atoms with E-state index in [0.717, 1.165) is 39.1 Å².